The van der Waals surface area contributed by atoms with Crippen LogP contribution in [-0.4, -0.2) is 16.6 Å². The molecular formula is C26H27NO3S. The summed E-state index contributed by atoms with van der Waals surface area (Å²) < 4.78 is 7.15. The van der Waals surface area contributed by atoms with Crippen molar-refractivity contribution in [3.63, 3.8) is 0 Å². The Balaban J connectivity index is 1.54. The second-order valence-electron chi connectivity index (χ2n) is 9.61. The van der Waals surface area contributed by atoms with E-state index in [2.05, 4.69) is 32.7 Å². The molecule has 1 unspecified atom stereocenters. The van der Waals surface area contributed by atoms with Crippen molar-refractivity contribution < 1.29 is 14.3 Å². The molecule has 31 heavy (non-hydrogen) atoms. The molecule has 160 valence electrons. The molecule has 0 saturated heterocycles. The topological polar surface area (TPSA) is 56.3 Å². The van der Waals surface area contributed by atoms with Crippen molar-refractivity contribution in [3.8, 4) is 10.9 Å². The van der Waals surface area contributed by atoms with E-state index in [1.54, 1.807) is 0 Å². The van der Waals surface area contributed by atoms with Crippen LogP contribution in [0.2, 0.25) is 0 Å². The van der Waals surface area contributed by atoms with E-state index in [0.29, 0.717) is 10.9 Å². The number of ketones is 2. The molecule has 0 aliphatic heterocycles. The third-order valence-corrected chi connectivity index (χ3v) is 8.86. The number of Topliss-reactive ketones (excluding diaryl/α,β-unsaturated/α-hetero) is 2. The number of benzene rings is 2. The van der Waals surface area contributed by atoms with Crippen molar-refractivity contribution in [1.29, 1.82) is 0 Å². The molecule has 2 saturated carbocycles. The first-order chi connectivity index (χ1) is 14.8. The summed E-state index contributed by atoms with van der Waals surface area (Å²) in [5.74, 6) is 0.00669. The molecule has 0 radical (unpaired) electrons. The number of aromatic nitrogens is 1. The van der Waals surface area contributed by atoms with Crippen molar-refractivity contribution in [2.45, 2.75) is 52.9 Å². The highest BCUT2D eigenvalue weighted by molar-refractivity contribution is 7.20. The van der Waals surface area contributed by atoms with Crippen LogP contribution in [0.15, 0.2) is 42.5 Å². The van der Waals surface area contributed by atoms with Gasteiger partial charge in [-0.25, -0.2) is 4.98 Å². The summed E-state index contributed by atoms with van der Waals surface area (Å²) in [5.41, 5.74) is 1.98. The van der Waals surface area contributed by atoms with Crippen LogP contribution in [0.4, 0.5) is 0 Å². The quantitative estimate of drug-likeness (QED) is 0.451. The molecule has 0 amide bonds. The number of nitrogens with zero attached hydrogens (tertiary/aromatic N) is 1. The van der Waals surface area contributed by atoms with Crippen LogP contribution in [0.25, 0.3) is 10.2 Å². The lowest BCUT2D eigenvalue weighted by atomic mass is 9.54. The lowest BCUT2D eigenvalue weighted by Gasteiger charge is -2.46. The molecule has 1 aromatic heterocycles. The third-order valence-electron chi connectivity index (χ3n) is 7.95. The SMILES string of the molecule is CCc1ccc(Oc2nc3ccccc3s2)cc1C1C(=O)[C@@H]2CC[C@](C)(C1=O)C2(C)C. The van der Waals surface area contributed by atoms with E-state index in [9.17, 15) is 9.59 Å². The third kappa shape index (κ3) is 2.89. The van der Waals surface area contributed by atoms with Gasteiger partial charge >= 0.3 is 0 Å². The number of fused-ring (bicyclic) bond motifs is 3. The van der Waals surface area contributed by atoms with Crippen LogP contribution < -0.4 is 4.74 Å². The number of carbonyl (C=O) groups is 2. The molecule has 4 nitrogen and oxygen atoms in total. The zero-order chi connectivity index (χ0) is 22.0. The summed E-state index contributed by atoms with van der Waals surface area (Å²) in [6.45, 7) is 8.29. The number of ether oxygens (including phenoxy) is 1. The molecule has 0 N–H and O–H groups in total. The summed E-state index contributed by atoms with van der Waals surface area (Å²) >= 11 is 1.49. The zero-order valence-corrected chi connectivity index (χ0v) is 19.2. The largest absolute Gasteiger partial charge is 0.431 e. The number of hydrogen-bond acceptors (Lipinski definition) is 5. The van der Waals surface area contributed by atoms with Crippen molar-refractivity contribution in [2.75, 3.05) is 0 Å². The molecule has 2 fully saturated rings. The van der Waals surface area contributed by atoms with Gasteiger partial charge in [0.15, 0.2) is 11.6 Å². The van der Waals surface area contributed by atoms with Gasteiger partial charge < -0.3 is 4.74 Å². The van der Waals surface area contributed by atoms with Gasteiger partial charge in [-0.3, -0.25) is 9.59 Å². The maximum Gasteiger partial charge on any atom is 0.279 e. The number of aryl methyl sites for hydroxylation is 1. The molecule has 2 aliphatic carbocycles. The molecule has 2 bridgehead atoms. The van der Waals surface area contributed by atoms with Gasteiger partial charge in [-0.05, 0) is 60.1 Å². The molecule has 3 atom stereocenters. The van der Waals surface area contributed by atoms with E-state index in [-0.39, 0.29) is 22.9 Å². The summed E-state index contributed by atoms with van der Waals surface area (Å²) in [7, 11) is 0. The zero-order valence-electron chi connectivity index (χ0n) is 18.4. The maximum absolute atomic E-state index is 13.7. The van der Waals surface area contributed by atoms with Gasteiger partial charge in [0, 0.05) is 11.3 Å². The van der Waals surface area contributed by atoms with Gasteiger partial charge in [0.2, 0.25) is 0 Å². The highest BCUT2D eigenvalue weighted by atomic mass is 32.1. The normalized spacial score (nSPS) is 27.1. The smallest absolute Gasteiger partial charge is 0.279 e. The van der Waals surface area contributed by atoms with E-state index in [0.717, 1.165) is 40.6 Å². The van der Waals surface area contributed by atoms with Crippen LogP contribution >= 0.6 is 11.3 Å². The monoisotopic (exact) mass is 433 g/mol. The predicted octanol–water partition coefficient (Wildman–Crippen LogP) is 6.33. The molecule has 5 heteroatoms. The first-order valence-electron chi connectivity index (χ1n) is 11.0. The first-order valence-corrected chi connectivity index (χ1v) is 11.8. The Morgan fingerprint density at radius 1 is 1.13 bits per heavy atom. The van der Waals surface area contributed by atoms with Gasteiger partial charge in [-0.2, -0.15) is 0 Å². The number of hydrogen-bond donors (Lipinski definition) is 0. The van der Waals surface area contributed by atoms with Crippen molar-refractivity contribution in [2.24, 2.45) is 16.7 Å². The van der Waals surface area contributed by atoms with Gasteiger partial charge in [-0.15, -0.1) is 0 Å². The second kappa shape index (κ2) is 6.99. The molecule has 5 rings (SSSR count). The first kappa shape index (κ1) is 20.4. The Labute approximate surface area is 186 Å². The fourth-order valence-corrected chi connectivity index (χ4v) is 6.44. The summed E-state index contributed by atoms with van der Waals surface area (Å²) in [5, 5.41) is 0.561. The Kier molecular flexibility index (Phi) is 4.60. The highest BCUT2D eigenvalue weighted by Gasteiger charge is 2.64. The Bertz CT molecular complexity index is 1180. The standard InChI is InChI=1S/C26H27NO3S/c1-5-15-10-11-16(30-24-27-19-8-6-7-9-20(19)31-24)14-17(15)21-22(28)18-12-13-26(4,23(21)29)25(18,2)3/h6-11,14,18,21H,5,12-13H2,1-4H3/t18-,21?,26+/m0/s1. The molecule has 3 aromatic rings. The van der Waals surface area contributed by atoms with E-state index >= 15 is 0 Å². The fourth-order valence-electron chi connectivity index (χ4n) is 5.61. The summed E-state index contributed by atoms with van der Waals surface area (Å²) in [6, 6.07) is 13.7. The van der Waals surface area contributed by atoms with Gasteiger partial charge in [0.05, 0.1) is 10.2 Å². The summed E-state index contributed by atoms with van der Waals surface area (Å²) in [4.78, 5) is 31.8. The molecule has 1 heterocycles. The van der Waals surface area contributed by atoms with E-state index < -0.39 is 11.3 Å². The Hall–Kier alpha value is -2.53. The lowest BCUT2D eigenvalue weighted by molar-refractivity contribution is -0.149. The van der Waals surface area contributed by atoms with Gasteiger partial charge in [-0.1, -0.05) is 57.2 Å². The highest BCUT2D eigenvalue weighted by Crippen LogP contribution is 2.62. The Morgan fingerprint density at radius 2 is 1.90 bits per heavy atom. The minimum absolute atomic E-state index is 0.0706. The number of thiazole rings is 1. The van der Waals surface area contributed by atoms with Crippen LogP contribution in [0.3, 0.4) is 0 Å². The van der Waals surface area contributed by atoms with Crippen molar-refractivity contribution in [1.82, 2.24) is 4.98 Å². The average molecular weight is 434 g/mol. The van der Waals surface area contributed by atoms with E-state index in [1.165, 1.54) is 11.3 Å². The van der Waals surface area contributed by atoms with Crippen LogP contribution in [-0.2, 0) is 16.0 Å². The maximum atomic E-state index is 13.7. The predicted molar refractivity (Wildman–Crippen MR) is 123 cm³/mol. The van der Waals surface area contributed by atoms with Crippen molar-refractivity contribution >= 4 is 33.1 Å². The minimum Gasteiger partial charge on any atom is -0.431 e. The molecule has 0 spiro atoms. The Morgan fingerprint density at radius 3 is 2.65 bits per heavy atom. The number of para-hydroxylation sites is 1. The minimum atomic E-state index is -0.695. The van der Waals surface area contributed by atoms with Gasteiger partial charge in [0.1, 0.15) is 11.7 Å². The molecule has 2 aliphatic rings. The van der Waals surface area contributed by atoms with Crippen molar-refractivity contribution in [3.05, 3.63) is 53.6 Å². The second-order valence-corrected chi connectivity index (χ2v) is 10.6. The number of rotatable bonds is 4. The van der Waals surface area contributed by atoms with Gasteiger partial charge in [0.25, 0.3) is 5.19 Å². The molecular weight excluding hydrogens is 406 g/mol. The fraction of sp³-hybridized carbons (Fsp3) is 0.423. The van der Waals surface area contributed by atoms with Crippen LogP contribution in [0.1, 0.15) is 57.6 Å². The summed E-state index contributed by atoms with van der Waals surface area (Å²) in [6.07, 6.45) is 2.35. The van der Waals surface area contributed by atoms with E-state index in [4.69, 9.17) is 4.74 Å². The van der Waals surface area contributed by atoms with E-state index in [1.807, 2.05) is 42.5 Å². The number of carbonyl (C=O) groups excluding carboxylic acids is 2. The van der Waals surface area contributed by atoms with Crippen LogP contribution in [0.5, 0.6) is 10.9 Å². The molecule has 2 aromatic carbocycles. The average Bonchev–Trinajstić information content (AvgIpc) is 3.22. The lowest BCUT2D eigenvalue weighted by Crippen LogP contribution is -2.52. The van der Waals surface area contributed by atoms with Crippen LogP contribution in [0, 0.1) is 16.7 Å².